The summed E-state index contributed by atoms with van der Waals surface area (Å²) in [6.07, 6.45) is 1.67. The van der Waals surface area contributed by atoms with Crippen LogP contribution < -0.4 is 5.32 Å². The topological polar surface area (TPSA) is 45.2 Å². The molecule has 1 saturated heterocycles. The fraction of sp³-hybridized carbons (Fsp3) is 0.571. The molecule has 1 aliphatic rings. The first-order valence-corrected chi connectivity index (χ1v) is 6.55. The van der Waals surface area contributed by atoms with Crippen molar-refractivity contribution < 1.29 is 4.79 Å². The molecule has 0 aromatic carbocycles. The maximum Gasteiger partial charge on any atom is 0.272 e. The van der Waals surface area contributed by atoms with Gasteiger partial charge in [-0.3, -0.25) is 9.78 Å². The zero-order chi connectivity index (χ0) is 13.1. The monoisotopic (exact) mass is 247 g/mol. The number of nitrogens with zero attached hydrogens (tertiary/aromatic N) is 2. The fourth-order valence-electron chi connectivity index (χ4n) is 2.39. The van der Waals surface area contributed by atoms with Crippen LogP contribution in [0.1, 0.15) is 31.3 Å². The largest absolute Gasteiger partial charge is 0.331 e. The lowest BCUT2D eigenvalue weighted by Gasteiger charge is -2.41. The molecule has 0 bridgehead atoms. The average Bonchev–Trinajstić information content (AvgIpc) is 2.38. The third-order valence-corrected chi connectivity index (χ3v) is 3.46. The molecule has 2 unspecified atom stereocenters. The molecule has 1 aromatic heterocycles. The number of hydrogen-bond donors (Lipinski definition) is 1. The van der Waals surface area contributed by atoms with Gasteiger partial charge < -0.3 is 10.2 Å². The molecular weight excluding hydrogens is 226 g/mol. The SMILES string of the molecule is CC1CN(C(=O)c2ccccn2)C(C(C)C)CN1. The molecule has 2 heterocycles. The molecule has 1 aromatic rings. The van der Waals surface area contributed by atoms with Gasteiger partial charge in [-0.2, -0.15) is 0 Å². The summed E-state index contributed by atoms with van der Waals surface area (Å²) in [5, 5.41) is 3.44. The first kappa shape index (κ1) is 13.0. The molecule has 1 N–H and O–H groups in total. The van der Waals surface area contributed by atoms with Crippen molar-refractivity contribution in [3.05, 3.63) is 30.1 Å². The van der Waals surface area contributed by atoms with Crippen molar-refractivity contribution in [3.8, 4) is 0 Å². The quantitative estimate of drug-likeness (QED) is 0.862. The van der Waals surface area contributed by atoms with Crippen molar-refractivity contribution in [3.63, 3.8) is 0 Å². The minimum absolute atomic E-state index is 0.0441. The first-order chi connectivity index (χ1) is 8.59. The number of piperazine rings is 1. The van der Waals surface area contributed by atoms with Gasteiger partial charge in [0.05, 0.1) is 0 Å². The number of carbonyl (C=O) groups is 1. The Balaban J connectivity index is 2.20. The van der Waals surface area contributed by atoms with Crippen molar-refractivity contribution >= 4 is 5.91 Å². The second kappa shape index (κ2) is 5.48. The Labute approximate surface area is 108 Å². The van der Waals surface area contributed by atoms with Gasteiger partial charge >= 0.3 is 0 Å². The summed E-state index contributed by atoms with van der Waals surface area (Å²) in [6, 6.07) is 6.06. The minimum atomic E-state index is 0.0441. The Kier molecular flexibility index (Phi) is 3.97. The molecule has 0 saturated carbocycles. The standard InChI is InChI=1S/C14H21N3O/c1-10(2)13-8-16-11(3)9-17(13)14(18)12-6-4-5-7-15-12/h4-7,10-11,13,16H,8-9H2,1-3H3. The van der Waals surface area contributed by atoms with E-state index in [1.807, 2.05) is 17.0 Å². The van der Waals surface area contributed by atoms with Gasteiger partial charge in [0.15, 0.2) is 0 Å². The molecule has 0 spiro atoms. The molecule has 0 radical (unpaired) electrons. The van der Waals surface area contributed by atoms with Crippen molar-refractivity contribution in [2.24, 2.45) is 5.92 Å². The van der Waals surface area contributed by atoms with E-state index in [1.54, 1.807) is 12.3 Å². The number of aromatic nitrogens is 1. The Bertz CT molecular complexity index is 405. The molecule has 98 valence electrons. The molecule has 0 aliphatic carbocycles. The molecule has 4 heteroatoms. The van der Waals surface area contributed by atoms with Crippen LogP contribution >= 0.6 is 0 Å². The summed E-state index contributed by atoms with van der Waals surface area (Å²) in [6.45, 7) is 8.02. The lowest BCUT2D eigenvalue weighted by atomic mass is 9.98. The van der Waals surface area contributed by atoms with Crippen LogP contribution in [0.5, 0.6) is 0 Å². The van der Waals surface area contributed by atoms with Gasteiger partial charge in [-0.25, -0.2) is 0 Å². The van der Waals surface area contributed by atoms with Gasteiger partial charge in [0, 0.05) is 31.4 Å². The summed E-state index contributed by atoms with van der Waals surface area (Å²) >= 11 is 0. The van der Waals surface area contributed by atoms with Crippen LogP contribution in [0.3, 0.4) is 0 Å². The second-order valence-corrected chi connectivity index (χ2v) is 5.29. The zero-order valence-electron chi connectivity index (χ0n) is 11.3. The van der Waals surface area contributed by atoms with Crippen molar-refractivity contribution in [1.29, 1.82) is 0 Å². The number of pyridine rings is 1. The van der Waals surface area contributed by atoms with E-state index in [9.17, 15) is 4.79 Å². The molecular formula is C14H21N3O. The van der Waals surface area contributed by atoms with E-state index in [0.717, 1.165) is 13.1 Å². The zero-order valence-corrected chi connectivity index (χ0v) is 11.3. The van der Waals surface area contributed by atoms with E-state index in [2.05, 4.69) is 31.1 Å². The Morgan fingerprint density at radius 2 is 2.28 bits per heavy atom. The lowest BCUT2D eigenvalue weighted by Crippen LogP contribution is -2.59. The van der Waals surface area contributed by atoms with E-state index in [0.29, 0.717) is 17.7 Å². The van der Waals surface area contributed by atoms with Gasteiger partial charge in [-0.1, -0.05) is 19.9 Å². The van der Waals surface area contributed by atoms with Crippen LogP contribution in [-0.4, -0.2) is 41.0 Å². The second-order valence-electron chi connectivity index (χ2n) is 5.29. The normalized spacial score (nSPS) is 24.3. The van der Waals surface area contributed by atoms with Crippen LogP contribution in [0.2, 0.25) is 0 Å². The van der Waals surface area contributed by atoms with E-state index < -0.39 is 0 Å². The molecule has 4 nitrogen and oxygen atoms in total. The van der Waals surface area contributed by atoms with Gasteiger partial charge in [0.1, 0.15) is 5.69 Å². The summed E-state index contributed by atoms with van der Waals surface area (Å²) in [7, 11) is 0. The van der Waals surface area contributed by atoms with Crippen LogP contribution in [-0.2, 0) is 0 Å². The van der Waals surface area contributed by atoms with Crippen LogP contribution in [0.25, 0.3) is 0 Å². The molecule has 1 amide bonds. The summed E-state index contributed by atoms with van der Waals surface area (Å²) in [4.78, 5) is 18.6. The van der Waals surface area contributed by atoms with Gasteiger partial charge in [0.2, 0.25) is 0 Å². The van der Waals surface area contributed by atoms with Crippen LogP contribution in [0, 0.1) is 5.92 Å². The predicted octanol–water partition coefficient (Wildman–Crippen LogP) is 1.54. The lowest BCUT2D eigenvalue weighted by molar-refractivity contribution is 0.0516. The van der Waals surface area contributed by atoms with Gasteiger partial charge in [0.25, 0.3) is 5.91 Å². The highest BCUT2D eigenvalue weighted by Crippen LogP contribution is 2.17. The van der Waals surface area contributed by atoms with E-state index in [1.165, 1.54) is 0 Å². The van der Waals surface area contributed by atoms with E-state index >= 15 is 0 Å². The maximum absolute atomic E-state index is 12.5. The highest BCUT2D eigenvalue weighted by molar-refractivity contribution is 5.92. The van der Waals surface area contributed by atoms with Crippen molar-refractivity contribution in [2.45, 2.75) is 32.9 Å². The summed E-state index contributed by atoms with van der Waals surface area (Å²) in [5.74, 6) is 0.486. The number of amides is 1. The van der Waals surface area contributed by atoms with Crippen LogP contribution in [0.4, 0.5) is 0 Å². The van der Waals surface area contributed by atoms with E-state index in [4.69, 9.17) is 0 Å². The molecule has 18 heavy (non-hydrogen) atoms. The first-order valence-electron chi connectivity index (χ1n) is 6.55. The highest BCUT2D eigenvalue weighted by Gasteiger charge is 2.32. The number of nitrogens with one attached hydrogen (secondary N) is 1. The highest BCUT2D eigenvalue weighted by atomic mass is 16.2. The van der Waals surface area contributed by atoms with Gasteiger partial charge in [-0.15, -0.1) is 0 Å². The number of carbonyl (C=O) groups excluding carboxylic acids is 1. The average molecular weight is 247 g/mol. The number of hydrogen-bond acceptors (Lipinski definition) is 3. The maximum atomic E-state index is 12.5. The third kappa shape index (κ3) is 2.70. The van der Waals surface area contributed by atoms with Crippen molar-refractivity contribution in [1.82, 2.24) is 15.2 Å². The minimum Gasteiger partial charge on any atom is -0.331 e. The van der Waals surface area contributed by atoms with Crippen LogP contribution in [0.15, 0.2) is 24.4 Å². The smallest absolute Gasteiger partial charge is 0.272 e. The van der Waals surface area contributed by atoms with Gasteiger partial charge in [-0.05, 0) is 25.0 Å². The summed E-state index contributed by atoms with van der Waals surface area (Å²) in [5.41, 5.74) is 0.539. The Morgan fingerprint density at radius 3 is 2.89 bits per heavy atom. The fourth-order valence-corrected chi connectivity index (χ4v) is 2.39. The molecule has 1 aliphatic heterocycles. The van der Waals surface area contributed by atoms with E-state index in [-0.39, 0.29) is 11.9 Å². The molecule has 2 atom stereocenters. The molecule has 2 rings (SSSR count). The van der Waals surface area contributed by atoms with Crippen molar-refractivity contribution in [2.75, 3.05) is 13.1 Å². The summed E-state index contributed by atoms with van der Waals surface area (Å²) < 4.78 is 0. The Hall–Kier alpha value is -1.42. The molecule has 1 fully saturated rings. The third-order valence-electron chi connectivity index (χ3n) is 3.46. The number of rotatable bonds is 2. The Morgan fingerprint density at radius 1 is 1.50 bits per heavy atom. The predicted molar refractivity (Wildman–Crippen MR) is 71.4 cm³/mol.